The van der Waals surface area contributed by atoms with Gasteiger partial charge in [-0.15, -0.1) is 11.3 Å². The maximum Gasteiger partial charge on any atom is 0.409 e. The lowest BCUT2D eigenvalue weighted by molar-refractivity contribution is -0.141. The van der Waals surface area contributed by atoms with E-state index in [9.17, 15) is 24.6 Å². The Morgan fingerprint density at radius 3 is 2.53 bits per heavy atom. The molecule has 7 aliphatic rings. The molecule has 2 bridgehead atoms. The minimum Gasteiger partial charge on any atom is -0.508 e. The number of rotatable bonds is 15. The topological polar surface area (TPSA) is 234 Å². The molecule has 3 unspecified atom stereocenters. The molecule has 0 spiro atoms. The quantitative estimate of drug-likeness (QED) is 0.0702. The zero-order chi connectivity index (χ0) is 59.1. The van der Waals surface area contributed by atoms with E-state index in [-0.39, 0.29) is 72.0 Å². The normalized spacial score (nSPS) is 24.6. The van der Waals surface area contributed by atoms with Gasteiger partial charge in [0.1, 0.15) is 36.2 Å². The molecule has 7 aromatic rings. The first-order valence-electron chi connectivity index (χ1n) is 30.7. The molecule has 14 rings (SSSR count). The van der Waals surface area contributed by atoms with Gasteiger partial charge in [-0.2, -0.15) is 9.97 Å². The number of amides is 3. The van der Waals surface area contributed by atoms with Crippen molar-refractivity contribution >= 4 is 65.7 Å². The summed E-state index contributed by atoms with van der Waals surface area (Å²) in [6.07, 6.45) is 7.38. The van der Waals surface area contributed by atoms with E-state index < -0.39 is 27.0 Å². The van der Waals surface area contributed by atoms with Gasteiger partial charge < -0.3 is 58.8 Å². The van der Waals surface area contributed by atoms with E-state index in [2.05, 4.69) is 49.3 Å². The highest BCUT2D eigenvalue weighted by Gasteiger charge is 2.52. The third-order valence-electron chi connectivity index (χ3n) is 19.5. The summed E-state index contributed by atoms with van der Waals surface area (Å²) in [5.41, 5.74) is 9.35. The number of phenols is 1. The molecular weight excluding hydrogens is 1130 g/mol. The molecule has 449 valence electrons. The third-order valence-corrected chi connectivity index (χ3v) is 23.2. The Labute approximate surface area is 505 Å². The Balaban J connectivity index is 0.590. The molecule has 10 heterocycles. The number of carbonyl (C=O) groups excluding carboxylic acids is 3. The van der Waals surface area contributed by atoms with Gasteiger partial charge in [0.2, 0.25) is 11.8 Å². The van der Waals surface area contributed by atoms with Crippen molar-refractivity contribution in [3.63, 3.8) is 0 Å². The van der Waals surface area contributed by atoms with Crippen LogP contribution in [-0.4, -0.2) is 165 Å². The number of aliphatic hydroxyl groups is 1. The number of ether oxygens (including phenoxy) is 3. The van der Waals surface area contributed by atoms with Gasteiger partial charge in [-0.3, -0.25) is 14.6 Å². The van der Waals surface area contributed by atoms with Gasteiger partial charge in [-0.25, -0.2) is 9.78 Å². The second-order valence-electron chi connectivity index (χ2n) is 25.3. The standard InChI is InChI=1S/C64H74N11O9SSi/c1-35(2)53(61(79)74-31-45(77)26-50(74)60(78)67-37(4)39-10-12-40(13-11-39)58-38(5)66-33-85-58)51-27-52(71-84-51)83-46-16-21-72(22-17-46)63(80)82-34-86-23-19-64(18-7-20-75(64)86)32-81-62-69-57-49(59(70-62)73-29-42-14-15-43(30-73)68-42)28-65-56-48-25-44(76)24-41-8-6-9-47(55(41)48)36(3)54(56)57/h6,8-13,24-25,27-28,33,35-37,42-43,45-46,50,53,68,76-77H,7,14-23,26,29-32,34H2,1-5H3,(H,67,78)/t36?,37-,42?,43?,45+,50-,53+,64-/m0/s1. The lowest BCUT2D eigenvalue weighted by atomic mass is 9.79. The van der Waals surface area contributed by atoms with Crippen LogP contribution in [0.15, 0.2) is 76.9 Å². The van der Waals surface area contributed by atoms with Gasteiger partial charge in [-0.1, -0.05) is 63.2 Å². The number of hydrogen-bond acceptors (Lipinski definition) is 18. The largest absolute Gasteiger partial charge is 0.508 e. The fourth-order valence-corrected chi connectivity index (χ4v) is 18.9. The number of aromatic nitrogens is 5. The van der Waals surface area contributed by atoms with Crippen LogP contribution < -0.4 is 25.0 Å². The van der Waals surface area contributed by atoms with Gasteiger partial charge in [0.05, 0.1) is 51.1 Å². The number of aliphatic hydroxyl groups excluding tert-OH is 1. The van der Waals surface area contributed by atoms with Gasteiger partial charge in [-0.05, 0) is 109 Å². The number of piperidine rings is 1. The molecule has 4 aromatic heterocycles. The third kappa shape index (κ3) is 10.4. The summed E-state index contributed by atoms with van der Waals surface area (Å²) in [6, 6.07) is 20.5. The number of aromatic hydroxyl groups is 1. The fourth-order valence-electron chi connectivity index (χ4n) is 15.0. The number of aryl methyl sites for hydroxylation is 1. The first kappa shape index (κ1) is 56.6. The summed E-state index contributed by atoms with van der Waals surface area (Å²) in [7, 11) is -1.23. The van der Waals surface area contributed by atoms with Crippen molar-refractivity contribution < 1.29 is 43.3 Å². The monoisotopic (exact) mass is 1200 g/mol. The van der Waals surface area contributed by atoms with Crippen LogP contribution in [0.5, 0.6) is 17.6 Å². The molecule has 1 radical (unpaired) electrons. The Hall–Kier alpha value is -7.24. The number of benzene rings is 3. The van der Waals surface area contributed by atoms with Crippen molar-refractivity contribution in [3.05, 3.63) is 101 Å². The van der Waals surface area contributed by atoms with Crippen LogP contribution in [0.3, 0.4) is 0 Å². The van der Waals surface area contributed by atoms with Crippen molar-refractivity contribution in [2.45, 2.75) is 146 Å². The molecule has 0 saturated carbocycles. The minimum atomic E-state index is -1.23. The highest BCUT2D eigenvalue weighted by molar-refractivity contribution is 7.13. The summed E-state index contributed by atoms with van der Waals surface area (Å²) >= 11 is 1.59. The summed E-state index contributed by atoms with van der Waals surface area (Å²) < 4.78 is 27.8. The highest BCUT2D eigenvalue weighted by atomic mass is 32.1. The number of anilines is 1. The van der Waals surface area contributed by atoms with Crippen LogP contribution in [0.25, 0.3) is 43.4 Å². The number of piperazine rings is 1. The molecule has 6 aliphatic heterocycles. The second-order valence-corrected chi connectivity index (χ2v) is 28.6. The predicted octanol–water partition coefficient (Wildman–Crippen LogP) is 8.78. The fraction of sp³-hybridized carbons (Fsp3) is 0.500. The number of β-amino-alcohol motifs (C(OH)–C–C–N with tert-alkyl or cyclic N) is 1. The number of nitrogens with zero attached hydrogens (tertiary/aromatic N) is 9. The van der Waals surface area contributed by atoms with Gasteiger partial charge in [0.15, 0.2) is 14.7 Å². The summed E-state index contributed by atoms with van der Waals surface area (Å²) in [5, 5.41) is 35.8. The van der Waals surface area contributed by atoms with Crippen molar-refractivity contribution in [1.29, 1.82) is 0 Å². The molecule has 86 heavy (non-hydrogen) atoms. The Bertz CT molecular complexity index is 3730. The number of phenolic OH excluding ortho intramolecular Hbond substituents is 1. The molecule has 4 N–H and O–H groups in total. The van der Waals surface area contributed by atoms with E-state index >= 15 is 0 Å². The van der Waals surface area contributed by atoms with Crippen molar-refractivity contribution in [2.24, 2.45) is 5.92 Å². The molecule has 1 aliphatic carbocycles. The number of likely N-dealkylation sites (tertiary alicyclic amines) is 2. The lowest BCUT2D eigenvalue weighted by Crippen LogP contribution is -2.51. The number of hydrogen-bond donors (Lipinski definition) is 4. The molecular formula is C64H74N11O9SSi. The molecule has 22 heteroatoms. The second kappa shape index (κ2) is 22.8. The van der Waals surface area contributed by atoms with E-state index in [0.717, 1.165) is 124 Å². The van der Waals surface area contributed by atoms with Gasteiger partial charge >= 0.3 is 12.1 Å². The van der Waals surface area contributed by atoms with E-state index in [4.69, 9.17) is 33.7 Å². The van der Waals surface area contributed by atoms with Crippen LogP contribution >= 0.6 is 11.3 Å². The SMILES string of the molecule is Cc1ncsc1-c1ccc([C@H](C)NC(=O)[C@@H]2C[C@@H](O)CN2C(=O)[C@@H](c2cc(OC3CCN(C(=O)OC[Si]4CC[C@]5(COc6nc(N7CC8CCC(C7)N8)c7cnc8c(c7n6)C(C)c6cccc7cc(O)cc-8c67)CCCN45)CC3)no2)C(C)C)cc1. The predicted molar refractivity (Wildman–Crippen MR) is 327 cm³/mol. The number of fused-ring (bicyclic) bond motifs is 7. The van der Waals surface area contributed by atoms with E-state index in [1.165, 1.54) is 10.5 Å². The average Bonchev–Trinajstić information content (AvgIpc) is 1.04. The smallest absolute Gasteiger partial charge is 0.409 e. The number of nitrogens with one attached hydrogen (secondary N) is 2. The molecule has 20 nitrogen and oxygen atoms in total. The molecule has 6 fully saturated rings. The van der Waals surface area contributed by atoms with Crippen molar-refractivity contribution in [2.75, 3.05) is 57.0 Å². The summed E-state index contributed by atoms with van der Waals surface area (Å²) in [5.74, 6) is -0.0366. The zero-order valence-corrected chi connectivity index (χ0v) is 51.1. The van der Waals surface area contributed by atoms with Crippen LogP contribution in [0.4, 0.5) is 10.6 Å². The van der Waals surface area contributed by atoms with Crippen LogP contribution in [-0.2, 0) is 14.3 Å². The van der Waals surface area contributed by atoms with Crippen LogP contribution in [0.1, 0.15) is 125 Å². The Kier molecular flexibility index (Phi) is 15.0. The van der Waals surface area contributed by atoms with Crippen LogP contribution in [0.2, 0.25) is 6.04 Å². The van der Waals surface area contributed by atoms with Gasteiger partial charge in [0.25, 0.3) is 5.88 Å². The van der Waals surface area contributed by atoms with Crippen molar-refractivity contribution in [3.8, 4) is 39.3 Å². The minimum absolute atomic E-state index is 0.0124. The number of carbonyl (C=O) groups is 3. The van der Waals surface area contributed by atoms with E-state index in [1.807, 2.05) is 81.9 Å². The maximum absolute atomic E-state index is 14.4. The van der Waals surface area contributed by atoms with Gasteiger partial charge in [0, 0.05) is 98.9 Å². The number of pyridine rings is 1. The zero-order valence-electron chi connectivity index (χ0n) is 49.3. The first-order valence-corrected chi connectivity index (χ1v) is 33.5. The van der Waals surface area contributed by atoms with E-state index in [1.54, 1.807) is 22.3 Å². The average molecular weight is 1200 g/mol. The maximum atomic E-state index is 14.4. The van der Waals surface area contributed by atoms with E-state index in [0.29, 0.717) is 62.6 Å². The highest BCUT2D eigenvalue weighted by Crippen LogP contribution is 2.49. The first-order chi connectivity index (χ1) is 41.6. The summed E-state index contributed by atoms with van der Waals surface area (Å²) in [4.78, 5) is 68.8. The molecule has 3 aromatic carbocycles. The Morgan fingerprint density at radius 1 is 0.965 bits per heavy atom. The molecule has 8 atom stereocenters. The lowest BCUT2D eigenvalue weighted by Gasteiger charge is -2.36. The summed E-state index contributed by atoms with van der Waals surface area (Å²) in [6.45, 7) is 13.9. The van der Waals surface area contributed by atoms with Crippen molar-refractivity contribution in [1.82, 2.24) is 50.1 Å². The Morgan fingerprint density at radius 2 is 1.77 bits per heavy atom. The number of thiazole rings is 1. The molecule has 3 amide bonds. The molecule has 6 saturated heterocycles. The van der Waals surface area contributed by atoms with Crippen LogP contribution in [0, 0.1) is 12.8 Å².